The number of rotatable bonds is 7. The number of benzene rings is 2. The largest absolute Gasteiger partial charge is 0.449 e. The van der Waals surface area contributed by atoms with Crippen LogP contribution < -0.4 is 5.32 Å². The number of furan rings is 1. The summed E-state index contributed by atoms with van der Waals surface area (Å²) in [5.74, 6) is -0.669. The SMILES string of the molecule is CC[C@@H](CNC(=O)[C@H](C)OC(=O)c1cc2ccccc2o1)c1ccccc1. The van der Waals surface area contributed by atoms with E-state index in [1.165, 1.54) is 5.56 Å². The molecule has 5 nitrogen and oxygen atoms in total. The Hall–Kier alpha value is -3.08. The highest BCUT2D eigenvalue weighted by Crippen LogP contribution is 2.20. The fourth-order valence-electron chi connectivity index (χ4n) is 2.95. The van der Waals surface area contributed by atoms with Crippen LogP contribution in [-0.2, 0) is 9.53 Å². The van der Waals surface area contributed by atoms with Gasteiger partial charge in [0.2, 0.25) is 5.76 Å². The normalized spacial score (nSPS) is 13.1. The summed E-state index contributed by atoms with van der Waals surface area (Å²) < 4.78 is 10.7. The molecule has 0 spiro atoms. The van der Waals surface area contributed by atoms with Gasteiger partial charge in [-0.15, -0.1) is 0 Å². The summed E-state index contributed by atoms with van der Waals surface area (Å²) in [7, 11) is 0. The van der Waals surface area contributed by atoms with E-state index in [9.17, 15) is 9.59 Å². The Labute approximate surface area is 158 Å². The van der Waals surface area contributed by atoms with Crippen LogP contribution in [0.2, 0.25) is 0 Å². The Bertz CT molecular complexity index is 883. The van der Waals surface area contributed by atoms with Crippen LogP contribution in [0.4, 0.5) is 0 Å². The molecule has 1 N–H and O–H groups in total. The molecule has 1 heterocycles. The highest BCUT2D eigenvalue weighted by molar-refractivity contribution is 5.94. The quantitative estimate of drug-likeness (QED) is 0.634. The first kappa shape index (κ1) is 18.7. The Kier molecular flexibility index (Phi) is 5.91. The molecule has 0 aliphatic carbocycles. The molecule has 2 aromatic carbocycles. The van der Waals surface area contributed by atoms with Crippen molar-refractivity contribution in [3.63, 3.8) is 0 Å². The van der Waals surface area contributed by atoms with Gasteiger partial charge in [0.1, 0.15) is 5.58 Å². The molecular weight excluding hydrogens is 342 g/mol. The fraction of sp³-hybridized carbons (Fsp3) is 0.273. The lowest BCUT2D eigenvalue weighted by Gasteiger charge is -2.18. The van der Waals surface area contributed by atoms with Crippen LogP contribution in [-0.4, -0.2) is 24.5 Å². The summed E-state index contributed by atoms with van der Waals surface area (Å²) in [6.45, 7) is 4.13. The zero-order valence-electron chi connectivity index (χ0n) is 15.5. The van der Waals surface area contributed by atoms with Gasteiger partial charge >= 0.3 is 5.97 Å². The summed E-state index contributed by atoms with van der Waals surface area (Å²) in [5, 5.41) is 3.68. The van der Waals surface area contributed by atoms with Crippen molar-refractivity contribution in [2.45, 2.75) is 32.3 Å². The molecule has 0 radical (unpaired) electrons. The maximum absolute atomic E-state index is 12.3. The molecule has 1 amide bonds. The molecule has 0 fully saturated rings. The Morgan fingerprint density at radius 2 is 1.78 bits per heavy atom. The molecule has 0 bridgehead atoms. The maximum atomic E-state index is 12.3. The number of hydrogen-bond acceptors (Lipinski definition) is 4. The fourth-order valence-corrected chi connectivity index (χ4v) is 2.95. The number of fused-ring (bicyclic) bond motifs is 1. The van der Waals surface area contributed by atoms with Gasteiger partial charge in [-0.3, -0.25) is 4.79 Å². The average Bonchev–Trinajstić information content (AvgIpc) is 3.13. The van der Waals surface area contributed by atoms with E-state index in [4.69, 9.17) is 9.15 Å². The molecule has 5 heteroatoms. The highest BCUT2D eigenvalue weighted by atomic mass is 16.6. The van der Waals surface area contributed by atoms with Crippen LogP contribution in [0, 0.1) is 0 Å². The monoisotopic (exact) mass is 365 g/mol. The number of carbonyl (C=O) groups is 2. The lowest BCUT2D eigenvalue weighted by atomic mass is 9.96. The smallest absolute Gasteiger partial charge is 0.375 e. The van der Waals surface area contributed by atoms with Crippen molar-refractivity contribution in [3.8, 4) is 0 Å². The van der Waals surface area contributed by atoms with E-state index < -0.39 is 12.1 Å². The van der Waals surface area contributed by atoms with Gasteiger partial charge in [0.25, 0.3) is 5.91 Å². The summed E-state index contributed by atoms with van der Waals surface area (Å²) in [6.07, 6.45) is -0.00347. The average molecular weight is 365 g/mol. The van der Waals surface area contributed by atoms with Gasteiger partial charge in [-0.1, -0.05) is 55.5 Å². The first-order valence-electron chi connectivity index (χ1n) is 9.10. The number of amides is 1. The topological polar surface area (TPSA) is 68.5 Å². The number of carbonyl (C=O) groups excluding carboxylic acids is 2. The van der Waals surface area contributed by atoms with Crippen molar-refractivity contribution in [3.05, 3.63) is 72.0 Å². The third-order valence-corrected chi connectivity index (χ3v) is 4.57. The Balaban J connectivity index is 1.56. The minimum Gasteiger partial charge on any atom is -0.449 e. The van der Waals surface area contributed by atoms with Crippen molar-refractivity contribution in [2.24, 2.45) is 0 Å². The molecule has 0 aliphatic rings. The third kappa shape index (κ3) is 4.56. The van der Waals surface area contributed by atoms with Gasteiger partial charge in [0.05, 0.1) is 0 Å². The molecule has 1 aromatic heterocycles. The zero-order chi connectivity index (χ0) is 19.2. The second-order valence-corrected chi connectivity index (χ2v) is 6.46. The van der Waals surface area contributed by atoms with Crippen molar-refractivity contribution in [1.82, 2.24) is 5.32 Å². The second-order valence-electron chi connectivity index (χ2n) is 6.46. The van der Waals surface area contributed by atoms with Crippen LogP contribution in [0.5, 0.6) is 0 Å². The van der Waals surface area contributed by atoms with Crippen molar-refractivity contribution >= 4 is 22.8 Å². The minimum absolute atomic E-state index is 0.0894. The standard InChI is InChI=1S/C22H23NO4/c1-3-16(17-9-5-4-6-10-17)14-23-21(24)15(2)26-22(25)20-13-18-11-7-8-12-19(18)27-20/h4-13,15-16H,3,14H2,1-2H3,(H,23,24)/t15-,16-/m0/s1. The van der Waals surface area contributed by atoms with E-state index in [1.807, 2.05) is 48.5 Å². The third-order valence-electron chi connectivity index (χ3n) is 4.57. The van der Waals surface area contributed by atoms with Crippen LogP contribution in [0.3, 0.4) is 0 Å². The van der Waals surface area contributed by atoms with E-state index in [2.05, 4.69) is 12.2 Å². The zero-order valence-corrected chi connectivity index (χ0v) is 15.5. The molecular formula is C22H23NO4. The molecule has 0 saturated heterocycles. The number of para-hydroxylation sites is 1. The van der Waals surface area contributed by atoms with Crippen molar-refractivity contribution in [1.29, 1.82) is 0 Å². The summed E-state index contributed by atoms with van der Waals surface area (Å²) in [4.78, 5) is 24.6. The lowest BCUT2D eigenvalue weighted by Crippen LogP contribution is -2.37. The number of nitrogens with one attached hydrogen (secondary N) is 1. The number of hydrogen-bond donors (Lipinski definition) is 1. The molecule has 140 valence electrons. The molecule has 27 heavy (non-hydrogen) atoms. The molecule has 0 saturated carbocycles. The van der Waals surface area contributed by atoms with Gasteiger partial charge in [-0.2, -0.15) is 0 Å². The summed E-state index contributed by atoms with van der Waals surface area (Å²) >= 11 is 0. The lowest BCUT2D eigenvalue weighted by molar-refractivity contribution is -0.129. The second kappa shape index (κ2) is 8.54. The Morgan fingerprint density at radius 3 is 2.48 bits per heavy atom. The van der Waals surface area contributed by atoms with Gasteiger partial charge in [0, 0.05) is 17.8 Å². The van der Waals surface area contributed by atoms with Crippen LogP contribution in [0.1, 0.15) is 42.3 Å². The summed E-state index contributed by atoms with van der Waals surface area (Å²) in [5.41, 5.74) is 1.78. The van der Waals surface area contributed by atoms with E-state index in [-0.39, 0.29) is 17.6 Å². The van der Waals surface area contributed by atoms with E-state index in [0.29, 0.717) is 12.1 Å². The predicted molar refractivity (Wildman–Crippen MR) is 104 cm³/mol. The highest BCUT2D eigenvalue weighted by Gasteiger charge is 2.22. The first-order chi connectivity index (χ1) is 13.1. The Morgan fingerprint density at radius 1 is 1.07 bits per heavy atom. The molecule has 0 aliphatic heterocycles. The summed E-state index contributed by atoms with van der Waals surface area (Å²) in [6, 6.07) is 19.0. The van der Waals surface area contributed by atoms with Crippen LogP contribution in [0.15, 0.2) is 65.1 Å². The minimum atomic E-state index is -0.904. The van der Waals surface area contributed by atoms with E-state index >= 15 is 0 Å². The predicted octanol–water partition coefficient (Wildman–Crippen LogP) is 4.29. The molecule has 0 unspecified atom stereocenters. The molecule has 2 atom stereocenters. The van der Waals surface area contributed by atoms with Gasteiger partial charge in [0.15, 0.2) is 6.10 Å². The molecule has 3 aromatic rings. The van der Waals surface area contributed by atoms with Gasteiger partial charge in [-0.05, 0) is 31.0 Å². The molecule has 3 rings (SSSR count). The maximum Gasteiger partial charge on any atom is 0.375 e. The van der Waals surface area contributed by atoms with E-state index in [0.717, 1.165) is 11.8 Å². The van der Waals surface area contributed by atoms with Gasteiger partial charge < -0.3 is 14.5 Å². The van der Waals surface area contributed by atoms with Crippen molar-refractivity contribution < 1.29 is 18.7 Å². The number of ether oxygens (including phenoxy) is 1. The van der Waals surface area contributed by atoms with Crippen LogP contribution >= 0.6 is 0 Å². The first-order valence-corrected chi connectivity index (χ1v) is 9.10. The van der Waals surface area contributed by atoms with Gasteiger partial charge in [-0.25, -0.2) is 4.79 Å². The van der Waals surface area contributed by atoms with Crippen LogP contribution in [0.25, 0.3) is 11.0 Å². The number of esters is 1. The van der Waals surface area contributed by atoms with E-state index in [1.54, 1.807) is 19.1 Å². The van der Waals surface area contributed by atoms with Crippen molar-refractivity contribution in [2.75, 3.05) is 6.54 Å².